The third-order valence-electron chi connectivity index (χ3n) is 5.72. The summed E-state index contributed by atoms with van der Waals surface area (Å²) in [5.74, 6) is -2.02. The smallest absolute Gasteiger partial charge is 0.399 e. The Morgan fingerprint density at radius 3 is 2.48 bits per heavy atom. The van der Waals surface area contributed by atoms with E-state index in [9.17, 15) is 18.0 Å². The summed E-state index contributed by atoms with van der Waals surface area (Å²) in [4.78, 5) is 18.3. The summed E-state index contributed by atoms with van der Waals surface area (Å²) in [5.41, 5.74) is -0.671. The molecule has 1 unspecified atom stereocenters. The van der Waals surface area contributed by atoms with Gasteiger partial charge in [0.15, 0.2) is 0 Å². The molecular weight excluding hydrogens is 360 g/mol. The highest BCUT2D eigenvalue weighted by atomic mass is 19.4. The van der Waals surface area contributed by atoms with Gasteiger partial charge < -0.3 is 14.2 Å². The molecule has 3 heterocycles. The second-order valence-electron chi connectivity index (χ2n) is 8.16. The molecule has 0 aromatic carbocycles. The van der Waals surface area contributed by atoms with Gasteiger partial charge in [0.05, 0.1) is 17.1 Å². The van der Waals surface area contributed by atoms with E-state index in [0.717, 1.165) is 0 Å². The molecule has 2 aliphatic rings. The van der Waals surface area contributed by atoms with Crippen LogP contribution in [0.2, 0.25) is 0 Å². The lowest BCUT2D eigenvalue weighted by Crippen LogP contribution is -2.48. The number of likely N-dealkylation sites (tertiary alicyclic amines) is 1. The molecule has 0 radical (unpaired) electrons. The molecule has 2 fully saturated rings. The summed E-state index contributed by atoms with van der Waals surface area (Å²) in [5, 5.41) is 0. The normalized spacial score (nSPS) is 24.9. The Hall–Kier alpha value is -1.61. The standard InChI is InChI=1S/C18H24BF3N2O3/c1-16(2)17(3,4)27-19(26-16)13-8-5-9-23-14(13)15(25)24-10-6-7-12(11-24)18(20,21)22/h5,8-9,12H,6-7,10-11H2,1-4H3. The molecule has 5 nitrogen and oxygen atoms in total. The molecule has 27 heavy (non-hydrogen) atoms. The van der Waals surface area contributed by atoms with Crippen molar-refractivity contribution in [2.45, 2.75) is 57.9 Å². The molecule has 2 aliphatic heterocycles. The number of carbonyl (C=O) groups excluding carboxylic acids is 1. The molecule has 0 bridgehead atoms. The fourth-order valence-corrected chi connectivity index (χ4v) is 3.34. The Bertz CT molecular complexity index is 708. The highest BCUT2D eigenvalue weighted by Gasteiger charge is 2.53. The number of rotatable bonds is 2. The molecule has 0 N–H and O–H groups in total. The first-order valence-electron chi connectivity index (χ1n) is 9.09. The van der Waals surface area contributed by atoms with Gasteiger partial charge in [0.1, 0.15) is 5.69 Å². The number of hydrogen-bond acceptors (Lipinski definition) is 4. The minimum absolute atomic E-state index is 0.0413. The van der Waals surface area contributed by atoms with Crippen molar-refractivity contribution in [3.05, 3.63) is 24.0 Å². The number of amides is 1. The van der Waals surface area contributed by atoms with Gasteiger partial charge in [0, 0.05) is 24.7 Å². The molecule has 2 saturated heterocycles. The fraction of sp³-hybridized carbons (Fsp3) is 0.667. The zero-order valence-electron chi connectivity index (χ0n) is 16.0. The van der Waals surface area contributed by atoms with Gasteiger partial charge in [-0.3, -0.25) is 9.78 Å². The van der Waals surface area contributed by atoms with E-state index in [1.165, 1.54) is 11.1 Å². The monoisotopic (exact) mass is 384 g/mol. The van der Waals surface area contributed by atoms with E-state index >= 15 is 0 Å². The zero-order chi connectivity index (χ0) is 20.0. The summed E-state index contributed by atoms with van der Waals surface area (Å²) < 4.78 is 51.2. The van der Waals surface area contributed by atoms with Crippen molar-refractivity contribution in [2.24, 2.45) is 5.92 Å². The second kappa shape index (κ2) is 6.77. The number of nitrogens with zero attached hydrogens (tertiary/aromatic N) is 2. The maximum Gasteiger partial charge on any atom is 0.497 e. The lowest BCUT2D eigenvalue weighted by atomic mass is 9.77. The van der Waals surface area contributed by atoms with Gasteiger partial charge in [0.25, 0.3) is 5.91 Å². The van der Waals surface area contributed by atoms with Crippen LogP contribution in [0.25, 0.3) is 0 Å². The van der Waals surface area contributed by atoms with Crippen molar-refractivity contribution in [1.29, 1.82) is 0 Å². The quantitative estimate of drug-likeness (QED) is 0.736. The van der Waals surface area contributed by atoms with Crippen molar-refractivity contribution in [1.82, 2.24) is 9.88 Å². The largest absolute Gasteiger partial charge is 0.497 e. The Labute approximate surface area is 157 Å². The summed E-state index contributed by atoms with van der Waals surface area (Å²) in [6, 6.07) is 3.33. The third kappa shape index (κ3) is 3.85. The highest BCUT2D eigenvalue weighted by molar-refractivity contribution is 6.63. The SMILES string of the molecule is CC1(C)OB(c2cccnc2C(=O)N2CCCC(C(F)(F)F)C2)OC1(C)C. The fourth-order valence-electron chi connectivity index (χ4n) is 3.34. The van der Waals surface area contributed by atoms with Crippen molar-refractivity contribution >= 4 is 18.5 Å². The van der Waals surface area contributed by atoms with E-state index in [-0.39, 0.29) is 25.2 Å². The highest BCUT2D eigenvalue weighted by Crippen LogP contribution is 2.37. The van der Waals surface area contributed by atoms with E-state index in [1.54, 1.807) is 12.1 Å². The third-order valence-corrected chi connectivity index (χ3v) is 5.72. The van der Waals surface area contributed by atoms with Gasteiger partial charge in [-0.15, -0.1) is 0 Å². The molecule has 0 saturated carbocycles. The number of piperidine rings is 1. The lowest BCUT2D eigenvalue weighted by molar-refractivity contribution is -0.184. The van der Waals surface area contributed by atoms with E-state index in [1.807, 2.05) is 27.7 Å². The van der Waals surface area contributed by atoms with Gasteiger partial charge in [-0.1, -0.05) is 6.07 Å². The van der Waals surface area contributed by atoms with Gasteiger partial charge >= 0.3 is 13.3 Å². The first kappa shape index (κ1) is 20.1. The molecular formula is C18H24BF3N2O3. The van der Waals surface area contributed by atoms with E-state index in [4.69, 9.17) is 9.31 Å². The first-order chi connectivity index (χ1) is 12.4. The van der Waals surface area contributed by atoms with Gasteiger partial charge in [-0.05, 0) is 46.6 Å². The van der Waals surface area contributed by atoms with Gasteiger partial charge in [0.2, 0.25) is 0 Å². The Morgan fingerprint density at radius 1 is 1.26 bits per heavy atom. The number of carbonyl (C=O) groups is 1. The Kier molecular flexibility index (Phi) is 5.05. The molecule has 0 aliphatic carbocycles. The molecule has 1 atom stereocenters. The number of hydrogen-bond donors (Lipinski definition) is 0. The van der Waals surface area contributed by atoms with E-state index < -0.39 is 36.3 Å². The average molecular weight is 384 g/mol. The van der Waals surface area contributed by atoms with E-state index in [2.05, 4.69) is 4.98 Å². The second-order valence-corrected chi connectivity index (χ2v) is 8.16. The zero-order valence-corrected chi connectivity index (χ0v) is 16.0. The van der Waals surface area contributed by atoms with Crippen molar-refractivity contribution in [3.8, 4) is 0 Å². The number of aromatic nitrogens is 1. The van der Waals surface area contributed by atoms with Gasteiger partial charge in [-0.2, -0.15) is 13.2 Å². The van der Waals surface area contributed by atoms with Crippen LogP contribution in [0, 0.1) is 5.92 Å². The van der Waals surface area contributed by atoms with Crippen LogP contribution in [0.15, 0.2) is 18.3 Å². The minimum Gasteiger partial charge on any atom is -0.399 e. The molecule has 9 heteroatoms. The maximum absolute atomic E-state index is 13.1. The molecule has 0 spiro atoms. The van der Waals surface area contributed by atoms with Crippen molar-refractivity contribution in [3.63, 3.8) is 0 Å². The predicted molar refractivity (Wildman–Crippen MR) is 94.6 cm³/mol. The minimum atomic E-state index is -4.31. The molecule has 1 aromatic heterocycles. The number of halogens is 3. The van der Waals surface area contributed by atoms with Crippen LogP contribution >= 0.6 is 0 Å². The van der Waals surface area contributed by atoms with Crippen LogP contribution in [0.5, 0.6) is 0 Å². The van der Waals surface area contributed by atoms with Crippen LogP contribution in [-0.2, 0) is 9.31 Å². The van der Waals surface area contributed by atoms with Crippen LogP contribution in [0.3, 0.4) is 0 Å². The van der Waals surface area contributed by atoms with Crippen LogP contribution < -0.4 is 5.46 Å². The summed E-state index contributed by atoms with van der Waals surface area (Å²) >= 11 is 0. The topological polar surface area (TPSA) is 51.7 Å². The van der Waals surface area contributed by atoms with Crippen molar-refractivity contribution < 1.29 is 27.3 Å². The molecule has 1 aromatic rings. The molecule has 148 valence electrons. The molecule has 3 rings (SSSR count). The molecule has 1 amide bonds. The van der Waals surface area contributed by atoms with E-state index in [0.29, 0.717) is 11.9 Å². The van der Waals surface area contributed by atoms with Crippen LogP contribution in [0.4, 0.5) is 13.2 Å². The number of alkyl halides is 3. The maximum atomic E-state index is 13.1. The Morgan fingerprint density at radius 2 is 1.89 bits per heavy atom. The summed E-state index contributed by atoms with van der Waals surface area (Å²) in [6.45, 7) is 7.51. The lowest BCUT2D eigenvalue weighted by Gasteiger charge is -2.33. The van der Waals surface area contributed by atoms with Crippen LogP contribution in [0.1, 0.15) is 51.0 Å². The van der Waals surface area contributed by atoms with Gasteiger partial charge in [-0.25, -0.2) is 0 Å². The summed E-state index contributed by atoms with van der Waals surface area (Å²) in [6.07, 6.45) is -2.50. The van der Waals surface area contributed by atoms with Crippen LogP contribution in [-0.4, -0.2) is 53.4 Å². The average Bonchev–Trinajstić information content (AvgIpc) is 2.81. The van der Waals surface area contributed by atoms with Crippen molar-refractivity contribution in [2.75, 3.05) is 13.1 Å². The predicted octanol–water partition coefficient (Wildman–Crippen LogP) is 2.80. The Balaban J connectivity index is 1.85. The summed E-state index contributed by atoms with van der Waals surface area (Å²) in [7, 11) is -0.800. The number of pyridine rings is 1. The first-order valence-corrected chi connectivity index (χ1v) is 9.09.